The molecule has 0 aliphatic carbocycles. The number of carbonyl (C=O) groups is 1. The summed E-state index contributed by atoms with van der Waals surface area (Å²) in [6, 6.07) is 9.49. The normalized spacial score (nSPS) is 19.6. The van der Waals surface area contributed by atoms with Crippen LogP contribution in [0.2, 0.25) is 0 Å². The molecule has 0 saturated carbocycles. The lowest BCUT2D eigenvalue weighted by molar-refractivity contribution is -0.117. The van der Waals surface area contributed by atoms with Gasteiger partial charge in [-0.1, -0.05) is 6.07 Å². The van der Waals surface area contributed by atoms with Gasteiger partial charge in [0, 0.05) is 18.7 Å². The maximum absolute atomic E-state index is 12.6. The lowest BCUT2D eigenvalue weighted by Crippen LogP contribution is -2.19. The molecule has 1 aromatic carbocycles. The maximum atomic E-state index is 12.6. The van der Waals surface area contributed by atoms with Crippen LogP contribution in [0.25, 0.3) is 0 Å². The largest absolute Gasteiger partial charge is 0.454 e. The number of nitrogens with one attached hydrogen (secondary N) is 1. The molecule has 2 aliphatic heterocycles. The van der Waals surface area contributed by atoms with E-state index in [0.29, 0.717) is 23.2 Å². The summed E-state index contributed by atoms with van der Waals surface area (Å²) in [6.07, 6.45) is 2.74. The Morgan fingerprint density at radius 2 is 2.12 bits per heavy atom. The van der Waals surface area contributed by atoms with Gasteiger partial charge in [0.15, 0.2) is 11.5 Å². The van der Waals surface area contributed by atoms with E-state index in [-0.39, 0.29) is 18.6 Å². The Bertz CT molecular complexity index is 787. The predicted molar refractivity (Wildman–Crippen MR) is 92.0 cm³/mol. The van der Waals surface area contributed by atoms with Gasteiger partial charge in [-0.3, -0.25) is 4.79 Å². The van der Waals surface area contributed by atoms with Crippen LogP contribution in [0.1, 0.15) is 36.3 Å². The molecule has 4 rings (SSSR count). The zero-order valence-corrected chi connectivity index (χ0v) is 14.0. The summed E-state index contributed by atoms with van der Waals surface area (Å²) in [4.78, 5) is 16.9. The van der Waals surface area contributed by atoms with E-state index in [4.69, 9.17) is 14.2 Å². The third-order valence-corrected chi connectivity index (χ3v) is 4.73. The van der Waals surface area contributed by atoms with Crippen molar-refractivity contribution in [1.29, 1.82) is 0 Å². The van der Waals surface area contributed by atoms with Crippen LogP contribution in [0.15, 0.2) is 36.5 Å². The Balaban J connectivity index is 1.47. The number of fused-ring (bicyclic) bond motifs is 1. The van der Waals surface area contributed by atoms with Crippen LogP contribution < -0.4 is 14.8 Å². The predicted octanol–water partition coefficient (Wildman–Crippen LogP) is 3.06. The lowest BCUT2D eigenvalue weighted by atomic mass is 9.99. The maximum Gasteiger partial charge on any atom is 0.232 e. The lowest BCUT2D eigenvalue weighted by Gasteiger charge is -2.14. The highest BCUT2D eigenvalue weighted by Crippen LogP contribution is 2.35. The Morgan fingerprint density at radius 3 is 2.96 bits per heavy atom. The number of hydrogen-bond donors (Lipinski definition) is 1. The first-order chi connectivity index (χ1) is 12.2. The summed E-state index contributed by atoms with van der Waals surface area (Å²) in [5.74, 6) is 1.91. The Hall–Kier alpha value is -2.60. The second-order valence-corrected chi connectivity index (χ2v) is 6.36. The molecule has 2 atom stereocenters. The summed E-state index contributed by atoms with van der Waals surface area (Å²) in [7, 11) is 0. The van der Waals surface area contributed by atoms with Crippen LogP contribution in [0.4, 0.5) is 5.82 Å². The molecule has 1 amide bonds. The molecule has 0 spiro atoms. The minimum absolute atomic E-state index is 0.105. The minimum atomic E-state index is -0.324. The fourth-order valence-electron chi connectivity index (χ4n) is 3.13. The van der Waals surface area contributed by atoms with Crippen molar-refractivity contribution in [3.05, 3.63) is 47.7 Å². The average Bonchev–Trinajstić information content (AvgIpc) is 3.32. The van der Waals surface area contributed by atoms with Crippen LogP contribution in [-0.2, 0) is 9.53 Å². The summed E-state index contributed by atoms with van der Waals surface area (Å²) >= 11 is 0. The smallest absolute Gasteiger partial charge is 0.232 e. The number of nitrogens with zero attached hydrogens (tertiary/aromatic N) is 1. The highest BCUT2D eigenvalue weighted by molar-refractivity contribution is 5.95. The van der Waals surface area contributed by atoms with Crippen LogP contribution >= 0.6 is 0 Å². The van der Waals surface area contributed by atoms with Gasteiger partial charge >= 0.3 is 0 Å². The highest BCUT2D eigenvalue weighted by Gasteiger charge is 2.22. The molecule has 0 bridgehead atoms. The third kappa shape index (κ3) is 3.30. The first-order valence-corrected chi connectivity index (χ1v) is 8.45. The van der Waals surface area contributed by atoms with Crippen molar-refractivity contribution in [3.8, 4) is 11.5 Å². The molecule has 2 aromatic rings. The van der Waals surface area contributed by atoms with Crippen molar-refractivity contribution in [2.45, 2.75) is 25.2 Å². The summed E-state index contributed by atoms with van der Waals surface area (Å²) in [5.41, 5.74) is 2.03. The minimum Gasteiger partial charge on any atom is -0.454 e. The molecule has 130 valence electrons. The van der Waals surface area contributed by atoms with Gasteiger partial charge < -0.3 is 19.5 Å². The van der Waals surface area contributed by atoms with Crippen LogP contribution in [-0.4, -0.2) is 30.9 Å². The third-order valence-electron chi connectivity index (χ3n) is 4.73. The SMILES string of the molecule is CC(C(=O)Nc1cc(C2CCOC2)ccn1)c1ccc2c(c1)OCO2. The molecule has 2 aliphatic rings. The first-order valence-electron chi connectivity index (χ1n) is 8.45. The highest BCUT2D eigenvalue weighted by atomic mass is 16.7. The van der Waals surface area contributed by atoms with Gasteiger partial charge in [-0.2, -0.15) is 0 Å². The van der Waals surface area contributed by atoms with Gasteiger partial charge in [0.2, 0.25) is 12.7 Å². The number of benzene rings is 1. The molecule has 0 radical (unpaired) electrons. The van der Waals surface area contributed by atoms with Gasteiger partial charge in [-0.15, -0.1) is 0 Å². The van der Waals surface area contributed by atoms with Gasteiger partial charge in [-0.25, -0.2) is 4.98 Å². The standard InChI is InChI=1S/C19H20N2O4/c1-12(13-2-3-16-17(8-13)25-11-24-16)19(22)21-18-9-14(4-6-20-18)15-5-7-23-10-15/h2-4,6,8-9,12,15H,5,7,10-11H2,1H3,(H,20,21,22). The summed E-state index contributed by atoms with van der Waals surface area (Å²) in [6.45, 7) is 3.60. The van der Waals surface area contributed by atoms with E-state index < -0.39 is 0 Å². The van der Waals surface area contributed by atoms with Gasteiger partial charge in [0.05, 0.1) is 12.5 Å². The van der Waals surface area contributed by atoms with E-state index >= 15 is 0 Å². The summed E-state index contributed by atoms with van der Waals surface area (Å²) < 4.78 is 16.1. The second kappa shape index (κ2) is 6.72. The number of ether oxygens (including phenoxy) is 3. The topological polar surface area (TPSA) is 69.7 Å². The van der Waals surface area contributed by atoms with E-state index in [0.717, 1.165) is 30.8 Å². The van der Waals surface area contributed by atoms with E-state index in [9.17, 15) is 4.79 Å². The average molecular weight is 340 g/mol. The first kappa shape index (κ1) is 15.9. The number of hydrogen-bond acceptors (Lipinski definition) is 5. The second-order valence-electron chi connectivity index (χ2n) is 6.36. The fraction of sp³-hybridized carbons (Fsp3) is 0.368. The van der Waals surface area contributed by atoms with Crippen LogP contribution in [0.3, 0.4) is 0 Å². The molecule has 1 aromatic heterocycles. The zero-order valence-electron chi connectivity index (χ0n) is 14.0. The van der Waals surface area contributed by atoms with Crippen molar-refractivity contribution >= 4 is 11.7 Å². The number of rotatable bonds is 4. The van der Waals surface area contributed by atoms with Crippen molar-refractivity contribution in [2.75, 3.05) is 25.3 Å². The van der Waals surface area contributed by atoms with E-state index in [2.05, 4.69) is 10.3 Å². The molecular weight excluding hydrogens is 320 g/mol. The molecule has 3 heterocycles. The molecule has 6 heteroatoms. The summed E-state index contributed by atoms with van der Waals surface area (Å²) in [5, 5.41) is 2.91. The zero-order chi connectivity index (χ0) is 17.2. The Labute approximate surface area is 146 Å². The van der Waals surface area contributed by atoms with Crippen molar-refractivity contribution < 1.29 is 19.0 Å². The Kier molecular flexibility index (Phi) is 4.28. The number of pyridine rings is 1. The molecule has 1 fully saturated rings. The van der Waals surface area contributed by atoms with Crippen molar-refractivity contribution in [3.63, 3.8) is 0 Å². The van der Waals surface area contributed by atoms with E-state index in [1.165, 1.54) is 0 Å². The van der Waals surface area contributed by atoms with Crippen molar-refractivity contribution in [1.82, 2.24) is 4.98 Å². The number of amides is 1. The molecule has 25 heavy (non-hydrogen) atoms. The fourth-order valence-corrected chi connectivity index (χ4v) is 3.13. The number of aromatic nitrogens is 1. The van der Waals surface area contributed by atoms with Gasteiger partial charge in [-0.05, 0) is 48.7 Å². The quantitative estimate of drug-likeness (QED) is 0.926. The van der Waals surface area contributed by atoms with E-state index in [1.807, 2.05) is 37.3 Å². The van der Waals surface area contributed by atoms with Crippen LogP contribution in [0, 0.1) is 0 Å². The monoisotopic (exact) mass is 340 g/mol. The van der Waals surface area contributed by atoms with Gasteiger partial charge in [0.1, 0.15) is 5.82 Å². The number of anilines is 1. The van der Waals surface area contributed by atoms with E-state index in [1.54, 1.807) is 6.20 Å². The molecule has 2 unspecified atom stereocenters. The molecule has 1 saturated heterocycles. The molecular formula is C19H20N2O4. The van der Waals surface area contributed by atoms with Crippen molar-refractivity contribution in [2.24, 2.45) is 0 Å². The molecule has 6 nitrogen and oxygen atoms in total. The molecule has 1 N–H and O–H groups in total. The van der Waals surface area contributed by atoms with Crippen LogP contribution in [0.5, 0.6) is 11.5 Å². The Morgan fingerprint density at radius 1 is 1.24 bits per heavy atom. The van der Waals surface area contributed by atoms with Gasteiger partial charge in [0.25, 0.3) is 0 Å². The number of carbonyl (C=O) groups excluding carboxylic acids is 1.